The third kappa shape index (κ3) is 4.09. The van der Waals surface area contributed by atoms with Crippen LogP contribution in [-0.4, -0.2) is 0 Å². The van der Waals surface area contributed by atoms with Crippen molar-refractivity contribution in [1.29, 1.82) is 5.26 Å². The highest BCUT2D eigenvalue weighted by atomic mass is 19.1. The summed E-state index contributed by atoms with van der Waals surface area (Å²) in [4.78, 5) is 0. The van der Waals surface area contributed by atoms with Gasteiger partial charge in [0.2, 0.25) is 0 Å². The molecule has 0 aromatic heterocycles. The Labute approximate surface area is 168 Å². The van der Waals surface area contributed by atoms with E-state index in [2.05, 4.69) is 19.1 Å². The molecular weight excluding hydrogens is 345 g/mol. The second-order valence-electron chi connectivity index (χ2n) is 9.26. The van der Waals surface area contributed by atoms with E-state index in [9.17, 15) is 4.39 Å². The van der Waals surface area contributed by atoms with E-state index in [1.807, 2.05) is 6.07 Å². The van der Waals surface area contributed by atoms with E-state index < -0.39 is 0 Å². The molecule has 0 amide bonds. The van der Waals surface area contributed by atoms with E-state index in [4.69, 9.17) is 5.26 Å². The summed E-state index contributed by atoms with van der Waals surface area (Å²) in [7, 11) is 0. The van der Waals surface area contributed by atoms with E-state index >= 15 is 0 Å². The number of halogens is 1. The lowest BCUT2D eigenvalue weighted by Gasteiger charge is -2.42. The molecule has 2 fully saturated rings. The Morgan fingerprint density at radius 1 is 1.00 bits per heavy atom. The number of hydrogen-bond acceptors (Lipinski definition) is 1. The molecule has 0 spiro atoms. The molecule has 4 rings (SSSR count). The van der Waals surface area contributed by atoms with Crippen LogP contribution in [0.2, 0.25) is 0 Å². The van der Waals surface area contributed by atoms with Crippen LogP contribution in [0.3, 0.4) is 0 Å². The zero-order valence-corrected chi connectivity index (χ0v) is 17.1. The lowest BCUT2D eigenvalue weighted by molar-refractivity contribution is 0.113. The number of fused-ring (bicyclic) bond motifs is 2. The Hall–Kier alpha value is -1.88. The smallest absolute Gasteiger partial charge is 0.131 e. The van der Waals surface area contributed by atoms with Gasteiger partial charge in [0.1, 0.15) is 5.82 Å². The van der Waals surface area contributed by atoms with Gasteiger partial charge in [-0.15, -0.1) is 0 Å². The van der Waals surface area contributed by atoms with Crippen LogP contribution in [0.1, 0.15) is 88.2 Å². The minimum atomic E-state index is -0.175. The summed E-state index contributed by atoms with van der Waals surface area (Å²) in [6, 6.07) is 11.4. The van der Waals surface area contributed by atoms with Crippen molar-refractivity contribution < 1.29 is 4.39 Å². The van der Waals surface area contributed by atoms with Crippen molar-refractivity contribution in [2.24, 2.45) is 17.8 Å². The molecule has 0 N–H and O–H groups in total. The van der Waals surface area contributed by atoms with Crippen molar-refractivity contribution in [2.75, 3.05) is 0 Å². The molecule has 2 aromatic rings. The molecule has 0 radical (unpaired) electrons. The van der Waals surface area contributed by atoms with Crippen molar-refractivity contribution in [1.82, 2.24) is 0 Å². The molecule has 2 aliphatic carbocycles. The highest BCUT2D eigenvalue weighted by Crippen LogP contribution is 2.48. The summed E-state index contributed by atoms with van der Waals surface area (Å²) < 4.78 is 14.7. The average molecular weight is 378 g/mol. The minimum Gasteiger partial charge on any atom is -0.206 e. The van der Waals surface area contributed by atoms with Crippen LogP contribution in [0.5, 0.6) is 0 Å². The summed E-state index contributed by atoms with van der Waals surface area (Å²) in [5.41, 5.74) is 1.69. The van der Waals surface area contributed by atoms with Gasteiger partial charge >= 0.3 is 0 Å². The minimum absolute atomic E-state index is 0.175. The molecular formula is C26H32FN. The number of unbranched alkanes of at least 4 members (excludes halogenated alkanes) is 2. The van der Waals surface area contributed by atoms with Crippen molar-refractivity contribution in [3.8, 4) is 6.07 Å². The monoisotopic (exact) mass is 377 g/mol. The topological polar surface area (TPSA) is 23.8 Å². The normalized spacial score (nSPS) is 27.3. The highest BCUT2D eigenvalue weighted by molar-refractivity contribution is 5.85. The number of nitrogens with zero attached hydrogens (tertiary/aromatic N) is 1. The Kier molecular flexibility index (Phi) is 6.00. The van der Waals surface area contributed by atoms with Crippen molar-refractivity contribution in [3.05, 3.63) is 47.3 Å². The maximum absolute atomic E-state index is 14.7. The molecule has 4 atom stereocenters. The summed E-state index contributed by atoms with van der Waals surface area (Å²) in [6.45, 7) is 2.29. The number of hydrogen-bond donors (Lipinski definition) is 0. The lowest BCUT2D eigenvalue weighted by atomic mass is 9.63. The first-order valence-electron chi connectivity index (χ1n) is 11.3. The molecule has 0 aliphatic heterocycles. The van der Waals surface area contributed by atoms with Crippen LogP contribution >= 0.6 is 0 Å². The van der Waals surface area contributed by atoms with Crippen LogP contribution in [0.15, 0.2) is 30.3 Å². The zero-order valence-electron chi connectivity index (χ0n) is 17.1. The van der Waals surface area contributed by atoms with Gasteiger partial charge in [0.15, 0.2) is 0 Å². The second kappa shape index (κ2) is 8.64. The van der Waals surface area contributed by atoms with Gasteiger partial charge in [0.25, 0.3) is 0 Å². The van der Waals surface area contributed by atoms with Gasteiger partial charge in [-0.1, -0.05) is 51.2 Å². The van der Waals surface area contributed by atoms with E-state index in [0.29, 0.717) is 16.9 Å². The van der Waals surface area contributed by atoms with Crippen LogP contribution < -0.4 is 0 Å². The number of nitriles is 1. The largest absolute Gasteiger partial charge is 0.206 e. The molecule has 2 heteroatoms. The first-order chi connectivity index (χ1) is 13.7. The van der Waals surface area contributed by atoms with E-state index in [1.54, 1.807) is 18.2 Å². The van der Waals surface area contributed by atoms with Crippen molar-refractivity contribution >= 4 is 10.8 Å². The van der Waals surface area contributed by atoms with Crippen molar-refractivity contribution in [3.63, 3.8) is 0 Å². The molecule has 1 nitrogen and oxygen atoms in total. The summed E-state index contributed by atoms with van der Waals surface area (Å²) in [5, 5.41) is 10.6. The Balaban J connectivity index is 1.44. The summed E-state index contributed by atoms with van der Waals surface area (Å²) in [5.74, 6) is 3.01. The van der Waals surface area contributed by atoms with Crippen molar-refractivity contribution in [2.45, 2.75) is 77.0 Å². The molecule has 2 aromatic carbocycles. The van der Waals surface area contributed by atoms with Gasteiger partial charge in [0, 0.05) is 5.39 Å². The number of rotatable bonds is 5. The standard InChI is InChI=1S/C26H32FN/c1-2-3-4-5-18-6-8-21-14-22(11-10-20(21)12-18)24-15-23-9-7-19(17-28)13-25(23)26(27)16-24/h7,9,13,15-16,18,20-22H,2-6,8,10-12,14H2,1H3/t18-,20?,21-,22?/m1/s1. The molecule has 2 aliphatic rings. The molecule has 28 heavy (non-hydrogen) atoms. The van der Waals surface area contributed by atoms with E-state index in [1.165, 1.54) is 69.8 Å². The molecule has 148 valence electrons. The van der Waals surface area contributed by atoms with E-state index in [-0.39, 0.29) is 5.82 Å². The predicted octanol–water partition coefficient (Wildman–Crippen LogP) is 7.73. The molecule has 0 bridgehead atoms. The zero-order chi connectivity index (χ0) is 19.5. The SMILES string of the molecule is CCCCC[C@@H]1CC[C@@H]2CC(c3cc(F)c4cc(C#N)ccc4c3)CCC2C1. The van der Waals surface area contributed by atoms with E-state index in [0.717, 1.165) is 23.1 Å². The first-order valence-corrected chi connectivity index (χ1v) is 11.3. The molecule has 2 saturated carbocycles. The van der Waals surface area contributed by atoms with Gasteiger partial charge < -0.3 is 0 Å². The third-order valence-corrected chi connectivity index (χ3v) is 7.46. The fourth-order valence-electron chi connectivity index (χ4n) is 5.87. The summed E-state index contributed by atoms with van der Waals surface area (Å²) in [6.07, 6.45) is 13.5. The fraction of sp³-hybridized carbons (Fsp3) is 0.577. The fourth-order valence-corrected chi connectivity index (χ4v) is 5.87. The van der Waals surface area contributed by atoms with Gasteiger partial charge in [0.05, 0.1) is 11.6 Å². The quantitative estimate of drug-likeness (QED) is 0.489. The van der Waals surface area contributed by atoms with Crippen LogP contribution in [0.4, 0.5) is 4.39 Å². The highest BCUT2D eigenvalue weighted by Gasteiger charge is 2.35. The second-order valence-corrected chi connectivity index (χ2v) is 9.26. The van der Waals surface area contributed by atoms with Gasteiger partial charge in [-0.3, -0.25) is 0 Å². The Bertz CT molecular complexity index is 865. The molecule has 2 unspecified atom stereocenters. The van der Waals surface area contributed by atoms with Crippen LogP contribution in [-0.2, 0) is 0 Å². The number of benzene rings is 2. The van der Waals surface area contributed by atoms with Gasteiger partial charge in [-0.05, 0) is 84.9 Å². The first kappa shape index (κ1) is 19.4. The maximum Gasteiger partial charge on any atom is 0.131 e. The van der Waals surface area contributed by atoms with Gasteiger partial charge in [-0.2, -0.15) is 5.26 Å². The van der Waals surface area contributed by atoms with Crippen LogP contribution in [0, 0.1) is 34.9 Å². The lowest BCUT2D eigenvalue weighted by Crippen LogP contribution is -2.30. The Morgan fingerprint density at radius 2 is 1.82 bits per heavy atom. The summed E-state index contributed by atoms with van der Waals surface area (Å²) >= 11 is 0. The average Bonchev–Trinajstić information content (AvgIpc) is 2.73. The third-order valence-electron chi connectivity index (χ3n) is 7.46. The molecule has 0 saturated heterocycles. The Morgan fingerprint density at radius 3 is 2.64 bits per heavy atom. The van der Waals surface area contributed by atoms with Gasteiger partial charge in [-0.25, -0.2) is 4.39 Å². The predicted molar refractivity (Wildman–Crippen MR) is 114 cm³/mol. The maximum atomic E-state index is 14.7. The van der Waals surface area contributed by atoms with Crippen LogP contribution in [0.25, 0.3) is 10.8 Å². The molecule has 0 heterocycles.